The van der Waals surface area contributed by atoms with E-state index in [0.717, 1.165) is 29.8 Å². The Morgan fingerprint density at radius 3 is 2.77 bits per heavy atom. The monoisotopic (exact) mass is 370 g/mol. The van der Waals surface area contributed by atoms with Gasteiger partial charge >= 0.3 is 0 Å². The van der Waals surface area contributed by atoms with Crippen LogP contribution in [0.2, 0.25) is 0 Å². The number of oxazole rings is 1. The smallest absolute Gasteiger partial charge is 0.226 e. The van der Waals surface area contributed by atoms with Crippen LogP contribution in [0.4, 0.5) is 5.13 Å². The zero-order valence-corrected chi connectivity index (χ0v) is 15.8. The summed E-state index contributed by atoms with van der Waals surface area (Å²) in [6.45, 7) is 4.18. The fraction of sp³-hybridized carbons (Fsp3) is 0.368. The predicted octanol–water partition coefficient (Wildman–Crippen LogP) is 4.42. The van der Waals surface area contributed by atoms with Crippen molar-refractivity contribution in [3.63, 3.8) is 0 Å². The van der Waals surface area contributed by atoms with Crippen molar-refractivity contribution in [3.8, 4) is 11.3 Å². The standard InChI is InChI=1S/C19H22N4O2S/c1-3-4-5-18-22-23-19(26-18)21-16(24)10-11-17-20-12-15(25-17)14-8-6-13(2)7-9-14/h6-9,12H,3-5,10-11H2,1-2H3,(H,21,23,24). The Kier molecular flexibility index (Phi) is 6.12. The lowest BCUT2D eigenvalue weighted by Gasteiger charge is -1.99. The second kappa shape index (κ2) is 8.71. The molecule has 0 bridgehead atoms. The SMILES string of the molecule is CCCCc1nnc(NC(=O)CCc2ncc(-c3ccc(C)cc3)o2)s1. The lowest BCUT2D eigenvalue weighted by Crippen LogP contribution is -2.12. The Bertz CT molecular complexity index is 855. The van der Waals surface area contributed by atoms with Gasteiger partial charge in [-0.05, 0) is 13.3 Å². The van der Waals surface area contributed by atoms with Gasteiger partial charge in [-0.15, -0.1) is 10.2 Å². The summed E-state index contributed by atoms with van der Waals surface area (Å²) in [5, 5.41) is 12.4. The first kappa shape index (κ1) is 18.3. The number of carbonyl (C=O) groups is 1. The summed E-state index contributed by atoms with van der Waals surface area (Å²) in [4.78, 5) is 16.3. The first-order valence-electron chi connectivity index (χ1n) is 8.78. The highest BCUT2D eigenvalue weighted by Crippen LogP contribution is 2.22. The number of nitrogens with zero attached hydrogens (tertiary/aromatic N) is 3. The lowest BCUT2D eigenvalue weighted by molar-refractivity contribution is -0.116. The van der Waals surface area contributed by atoms with Crippen LogP contribution in [0, 0.1) is 6.92 Å². The van der Waals surface area contributed by atoms with Gasteiger partial charge < -0.3 is 9.73 Å². The minimum Gasteiger partial charge on any atom is -0.441 e. The van der Waals surface area contributed by atoms with Crippen molar-refractivity contribution in [2.75, 3.05) is 5.32 Å². The number of unbranched alkanes of at least 4 members (excludes halogenated alkanes) is 1. The zero-order valence-electron chi connectivity index (χ0n) is 15.0. The molecular weight excluding hydrogens is 348 g/mol. The third-order valence-electron chi connectivity index (χ3n) is 3.91. The molecule has 0 saturated carbocycles. The van der Waals surface area contributed by atoms with Crippen LogP contribution < -0.4 is 5.32 Å². The van der Waals surface area contributed by atoms with Gasteiger partial charge in [0.2, 0.25) is 11.0 Å². The molecule has 136 valence electrons. The summed E-state index contributed by atoms with van der Waals surface area (Å²) in [6, 6.07) is 8.06. The highest BCUT2D eigenvalue weighted by molar-refractivity contribution is 7.15. The van der Waals surface area contributed by atoms with Gasteiger partial charge in [0, 0.05) is 24.8 Å². The van der Waals surface area contributed by atoms with Crippen molar-refractivity contribution < 1.29 is 9.21 Å². The minimum absolute atomic E-state index is 0.113. The topological polar surface area (TPSA) is 80.9 Å². The number of hydrogen-bond donors (Lipinski definition) is 1. The van der Waals surface area contributed by atoms with E-state index < -0.39 is 0 Å². The van der Waals surface area contributed by atoms with Crippen LogP contribution >= 0.6 is 11.3 Å². The van der Waals surface area contributed by atoms with Crippen molar-refractivity contribution in [2.24, 2.45) is 0 Å². The molecule has 0 aliphatic rings. The highest BCUT2D eigenvalue weighted by atomic mass is 32.1. The van der Waals surface area contributed by atoms with Gasteiger partial charge in [-0.2, -0.15) is 0 Å². The second-order valence-corrected chi connectivity index (χ2v) is 7.20. The van der Waals surface area contributed by atoms with Gasteiger partial charge in [-0.1, -0.05) is 54.5 Å². The average Bonchev–Trinajstić information content (AvgIpc) is 3.28. The number of aromatic nitrogens is 3. The summed E-state index contributed by atoms with van der Waals surface area (Å²) in [5.41, 5.74) is 2.17. The number of amides is 1. The summed E-state index contributed by atoms with van der Waals surface area (Å²) < 4.78 is 5.74. The average molecular weight is 370 g/mol. The van der Waals surface area contributed by atoms with Gasteiger partial charge in [0.15, 0.2) is 11.7 Å². The van der Waals surface area contributed by atoms with E-state index in [0.29, 0.717) is 23.2 Å². The van der Waals surface area contributed by atoms with Gasteiger partial charge in [0.25, 0.3) is 0 Å². The predicted molar refractivity (Wildman–Crippen MR) is 102 cm³/mol. The molecule has 2 heterocycles. The third-order valence-corrected chi connectivity index (χ3v) is 4.81. The normalized spacial score (nSPS) is 10.8. The Labute approximate surface area is 156 Å². The van der Waals surface area contributed by atoms with Crippen molar-refractivity contribution in [3.05, 3.63) is 46.9 Å². The third kappa shape index (κ3) is 4.98. The van der Waals surface area contributed by atoms with E-state index in [2.05, 4.69) is 27.4 Å². The molecule has 0 spiro atoms. The fourth-order valence-corrected chi connectivity index (χ4v) is 3.21. The molecule has 2 aromatic heterocycles. The number of aryl methyl sites for hydroxylation is 3. The molecule has 0 fully saturated rings. The molecule has 0 saturated heterocycles. The van der Waals surface area contributed by atoms with E-state index in [-0.39, 0.29) is 12.3 Å². The molecule has 26 heavy (non-hydrogen) atoms. The number of benzene rings is 1. The van der Waals surface area contributed by atoms with Crippen LogP contribution in [-0.4, -0.2) is 21.1 Å². The number of rotatable bonds is 8. The Morgan fingerprint density at radius 2 is 2.00 bits per heavy atom. The molecule has 0 aliphatic heterocycles. The molecular formula is C19H22N4O2S. The summed E-state index contributed by atoms with van der Waals surface area (Å²) in [6.07, 6.45) is 5.53. The Hall–Kier alpha value is -2.54. The molecule has 0 unspecified atom stereocenters. The van der Waals surface area contributed by atoms with Gasteiger partial charge in [0.05, 0.1) is 6.20 Å². The van der Waals surface area contributed by atoms with Crippen LogP contribution in [-0.2, 0) is 17.6 Å². The van der Waals surface area contributed by atoms with E-state index in [9.17, 15) is 4.79 Å². The van der Waals surface area contributed by atoms with Crippen LogP contribution in [0.1, 0.15) is 42.6 Å². The molecule has 1 aromatic carbocycles. The second-order valence-electron chi connectivity index (χ2n) is 6.14. The molecule has 1 N–H and O–H groups in total. The van der Waals surface area contributed by atoms with E-state index in [1.807, 2.05) is 31.2 Å². The summed E-state index contributed by atoms with van der Waals surface area (Å²) >= 11 is 1.43. The molecule has 0 aliphatic carbocycles. The first-order chi connectivity index (χ1) is 12.6. The first-order valence-corrected chi connectivity index (χ1v) is 9.59. The largest absolute Gasteiger partial charge is 0.441 e. The summed E-state index contributed by atoms with van der Waals surface area (Å²) in [7, 11) is 0. The Morgan fingerprint density at radius 1 is 1.19 bits per heavy atom. The van der Waals surface area contributed by atoms with Crippen molar-refractivity contribution in [1.29, 1.82) is 0 Å². The van der Waals surface area contributed by atoms with E-state index >= 15 is 0 Å². The molecule has 7 heteroatoms. The Balaban J connectivity index is 1.50. The van der Waals surface area contributed by atoms with Crippen molar-refractivity contribution in [1.82, 2.24) is 15.2 Å². The van der Waals surface area contributed by atoms with E-state index in [4.69, 9.17) is 4.42 Å². The number of hydrogen-bond acceptors (Lipinski definition) is 6. The van der Waals surface area contributed by atoms with Crippen LogP contribution in [0.15, 0.2) is 34.9 Å². The van der Waals surface area contributed by atoms with E-state index in [1.165, 1.54) is 16.9 Å². The summed E-state index contributed by atoms with van der Waals surface area (Å²) in [5.74, 6) is 1.15. The van der Waals surface area contributed by atoms with Crippen molar-refractivity contribution >= 4 is 22.4 Å². The highest BCUT2D eigenvalue weighted by Gasteiger charge is 2.11. The number of carbonyl (C=O) groups excluding carboxylic acids is 1. The molecule has 3 aromatic rings. The molecule has 1 amide bonds. The number of anilines is 1. The van der Waals surface area contributed by atoms with Crippen LogP contribution in [0.5, 0.6) is 0 Å². The molecule has 0 atom stereocenters. The quantitative estimate of drug-likeness (QED) is 0.635. The maximum Gasteiger partial charge on any atom is 0.226 e. The maximum atomic E-state index is 12.1. The van der Waals surface area contributed by atoms with Gasteiger partial charge in [-0.3, -0.25) is 4.79 Å². The lowest BCUT2D eigenvalue weighted by atomic mass is 10.1. The maximum absolute atomic E-state index is 12.1. The van der Waals surface area contributed by atoms with Crippen LogP contribution in [0.3, 0.4) is 0 Å². The fourth-order valence-electron chi connectivity index (χ4n) is 2.41. The molecule has 0 radical (unpaired) electrons. The zero-order chi connectivity index (χ0) is 18.4. The van der Waals surface area contributed by atoms with Crippen LogP contribution in [0.25, 0.3) is 11.3 Å². The minimum atomic E-state index is -0.113. The molecule has 3 rings (SSSR count). The van der Waals surface area contributed by atoms with E-state index in [1.54, 1.807) is 6.20 Å². The van der Waals surface area contributed by atoms with Crippen molar-refractivity contribution in [2.45, 2.75) is 46.0 Å². The number of nitrogens with one attached hydrogen (secondary N) is 1. The van der Waals surface area contributed by atoms with Gasteiger partial charge in [0.1, 0.15) is 5.01 Å². The molecule has 6 nitrogen and oxygen atoms in total. The van der Waals surface area contributed by atoms with Gasteiger partial charge in [-0.25, -0.2) is 4.98 Å².